The van der Waals surface area contributed by atoms with Crippen molar-refractivity contribution in [2.45, 2.75) is 5.41 Å². The maximum Gasteiger partial charge on any atom is 0.0720 e. The van der Waals surface area contributed by atoms with Crippen LogP contribution in [0.1, 0.15) is 22.3 Å². The molecule has 13 rings (SSSR count). The molecule has 1 aromatic heterocycles. The number of aromatic nitrogens is 1. The van der Waals surface area contributed by atoms with Gasteiger partial charge < -0.3 is 9.47 Å². The molecule has 0 amide bonds. The van der Waals surface area contributed by atoms with Crippen LogP contribution >= 0.6 is 0 Å². The summed E-state index contributed by atoms with van der Waals surface area (Å²) < 4.78 is 2.44. The van der Waals surface area contributed by atoms with Crippen LogP contribution in [0.5, 0.6) is 0 Å². The number of hydrogen-bond donors (Lipinski definition) is 0. The zero-order valence-electron chi connectivity index (χ0n) is 36.8. The van der Waals surface area contributed by atoms with E-state index in [1.165, 1.54) is 82.7 Å². The second-order valence-electron chi connectivity index (χ2n) is 17.6. The average molecular weight is 853 g/mol. The number of fused-ring (bicyclic) bond motifs is 7. The smallest absolute Gasteiger partial charge is 0.0720 e. The molecular weight excluding hydrogens is 809 g/mol. The molecule has 0 fully saturated rings. The molecule has 1 aliphatic carbocycles. The van der Waals surface area contributed by atoms with Crippen molar-refractivity contribution in [3.8, 4) is 39.1 Å². The predicted octanol–water partition coefficient (Wildman–Crippen LogP) is 17.1. The first-order valence-electron chi connectivity index (χ1n) is 23.2. The molecule has 12 aromatic rings. The molecule has 2 heteroatoms. The number of nitrogens with zero attached hydrogens (tertiary/aromatic N) is 2. The highest BCUT2D eigenvalue weighted by Gasteiger charge is 2.47. The summed E-state index contributed by atoms with van der Waals surface area (Å²) in [6.45, 7) is 0. The third kappa shape index (κ3) is 6.18. The monoisotopic (exact) mass is 852 g/mol. The predicted molar refractivity (Wildman–Crippen MR) is 281 cm³/mol. The highest BCUT2D eigenvalue weighted by Crippen LogP contribution is 2.59. The first-order chi connectivity index (χ1) is 33.2. The molecule has 0 saturated heterocycles. The van der Waals surface area contributed by atoms with Gasteiger partial charge in [0.05, 0.1) is 16.4 Å². The molecule has 2 nitrogen and oxygen atoms in total. The Labute approximate surface area is 390 Å². The van der Waals surface area contributed by atoms with Crippen molar-refractivity contribution >= 4 is 49.6 Å². The molecule has 1 aliphatic rings. The Morgan fingerprint density at radius 3 is 1.66 bits per heavy atom. The molecule has 0 saturated carbocycles. The van der Waals surface area contributed by atoms with Crippen LogP contribution in [-0.4, -0.2) is 4.57 Å². The van der Waals surface area contributed by atoms with E-state index >= 15 is 0 Å². The molecule has 1 heterocycles. The van der Waals surface area contributed by atoms with Crippen molar-refractivity contribution < 1.29 is 0 Å². The number of benzene rings is 11. The van der Waals surface area contributed by atoms with Crippen molar-refractivity contribution in [1.29, 1.82) is 0 Å². The van der Waals surface area contributed by atoms with Crippen LogP contribution in [0.25, 0.3) is 71.6 Å². The summed E-state index contributed by atoms with van der Waals surface area (Å²) in [4.78, 5) is 2.47. The van der Waals surface area contributed by atoms with E-state index < -0.39 is 5.41 Å². The summed E-state index contributed by atoms with van der Waals surface area (Å²) in [7, 11) is 0. The third-order valence-electron chi connectivity index (χ3n) is 14.0. The fraction of sp³-hybridized carbons (Fsp3) is 0.0154. The van der Waals surface area contributed by atoms with Gasteiger partial charge >= 0.3 is 0 Å². The van der Waals surface area contributed by atoms with Gasteiger partial charge in [-0.15, -0.1) is 0 Å². The van der Waals surface area contributed by atoms with E-state index in [1.807, 2.05) is 0 Å². The van der Waals surface area contributed by atoms with Crippen LogP contribution in [0.3, 0.4) is 0 Å². The van der Waals surface area contributed by atoms with Gasteiger partial charge in [-0.3, -0.25) is 0 Å². The van der Waals surface area contributed by atoms with Crippen LogP contribution in [-0.2, 0) is 5.41 Å². The van der Waals surface area contributed by atoms with E-state index in [4.69, 9.17) is 0 Å². The van der Waals surface area contributed by atoms with Gasteiger partial charge in [0.2, 0.25) is 0 Å². The van der Waals surface area contributed by atoms with Crippen LogP contribution < -0.4 is 4.90 Å². The molecule has 11 aromatic carbocycles. The third-order valence-corrected chi connectivity index (χ3v) is 14.0. The Kier molecular flexibility index (Phi) is 9.11. The lowest BCUT2D eigenvalue weighted by Crippen LogP contribution is -2.29. The standard InChI is InChI=1S/C65H44N2/c1-4-19-45(20-5-1)49-25-18-28-51(41-49)67-63-34-17-14-31-58(63)59-40-38-54(44-64(59)67)66(52-36-35-46-21-10-11-24-48(46)42-52)53-37-39-57-56-30-13-16-33-61(56)65(62(57)43-53,50-26-8-3-9-27-50)60-32-15-12-29-55(60)47-22-6-2-7-23-47/h1-44H. The van der Waals surface area contributed by atoms with Crippen LogP contribution in [0.4, 0.5) is 17.1 Å². The van der Waals surface area contributed by atoms with Crippen LogP contribution in [0.15, 0.2) is 267 Å². The fourth-order valence-electron chi connectivity index (χ4n) is 11.1. The van der Waals surface area contributed by atoms with Crippen molar-refractivity contribution in [3.63, 3.8) is 0 Å². The SMILES string of the molecule is c1ccc(-c2cccc(-n3c4ccccc4c4ccc(N(c5ccc6c(c5)C(c5ccccc5)(c5ccccc5-c5ccccc5)c5ccccc5-6)c5ccc6ccccc6c5)cc43)c2)cc1. The topological polar surface area (TPSA) is 8.17 Å². The van der Waals surface area contributed by atoms with Gasteiger partial charge in [0.1, 0.15) is 0 Å². The highest BCUT2D eigenvalue weighted by atomic mass is 15.1. The van der Waals surface area contributed by atoms with E-state index in [1.54, 1.807) is 0 Å². The molecule has 1 unspecified atom stereocenters. The van der Waals surface area contributed by atoms with Gasteiger partial charge in [-0.05, 0) is 121 Å². The molecule has 0 radical (unpaired) electrons. The number of para-hydroxylation sites is 1. The van der Waals surface area contributed by atoms with Gasteiger partial charge in [0, 0.05) is 33.5 Å². The van der Waals surface area contributed by atoms with E-state index in [-0.39, 0.29) is 0 Å². The lowest BCUT2D eigenvalue weighted by atomic mass is 9.66. The van der Waals surface area contributed by atoms with E-state index in [0.29, 0.717) is 0 Å². The normalized spacial score (nSPS) is 14.0. The minimum Gasteiger partial charge on any atom is -0.310 e. The molecular formula is C65H44N2. The summed E-state index contributed by atoms with van der Waals surface area (Å²) in [6, 6.07) is 98.3. The summed E-state index contributed by atoms with van der Waals surface area (Å²) in [5.41, 5.74) is 18.5. The Hall–Kier alpha value is -8.72. The summed E-state index contributed by atoms with van der Waals surface area (Å²) in [5.74, 6) is 0. The van der Waals surface area contributed by atoms with Crippen molar-refractivity contribution in [1.82, 2.24) is 4.57 Å². The molecule has 0 spiro atoms. The van der Waals surface area contributed by atoms with Gasteiger partial charge in [-0.1, -0.05) is 212 Å². The van der Waals surface area contributed by atoms with E-state index in [2.05, 4.69) is 276 Å². The minimum absolute atomic E-state index is 0.620. The Morgan fingerprint density at radius 2 is 0.851 bits per heavy atom. The summed E-state index contributed by atoms with van der Waals surface area (Å²) >= 11 is 0. The number of rotatable bonds is 8. The lowest BCUT2D eigenvalue weighted by Gasteiger charge is -2.36. The molecule has 67 heavy (non-hydrogen) atoms. The zero-order valence-corrected chi connectivity index (χ0v) is 36.8. The highest BCUT2D eigenvalue weighted by molar-refractivity contribution is 6.10. The van der Waals surface area contributed by atoms with Crippen molar-refractivity contribution in [3.05, 3.63) is 289 Å². The van der Waals surface area contributed by atoms with Crippen molar-refractivity contribution in [2.24, 2.45) is 0 Å². The zero-order chi connectivity index (χ0) is 44.3. The Morgan fingerprint density at radius 1 is 0.299 bits per heavy atom. The van der Waals surface area contributed by atoms with E-state index in [0.717, 1.165) is 28.3 Å². The number of hydrogen-bond acceptors (Lipinski definition) is 1. The maximum atomic E-state index is 2.49. The molecule has 0 bridgehead atoms. The first kappa shape index (κ1) is 38.7. The van der Waals surface area contributed by atoms with Gasteiger partial charge in [0.15, 0.2) is 0 Å². The average Bonchev–Trinajstić information content (AvgIpc) is 3.89. The first-order valence-corrected chi connectivity index (χ1v) is 23.2. The second-order valence-corrected chi connectivity index (χ2v) is 17.6. The second kappa shape index (κ2) is 15.8. The maximum absolute atomic E-state index is 2.49. The summed E-state index contributed by atoms with van der Waals surface area (Å²) in [6.07, 6.45) is 0. The summed E-state index contributed by atoms with van der Waals surface area (Å²) in [5, 5.41) is 4.85. The van der Waals surface area contributed by atoms with E-state index in [9.17, 15) is 0 Å². The Balaban J connectivity index is 1.08. The molecule has 0 N–H and O–H groups in total. The van der Waals surface area contributed by atoms with Gasteiger partial charge in [0.25, 0.3) is 0 Å². The van der Waals surface area contributed by atoms with Crippen LogP contribution in [0.2, 0.25) is 0 Å². The fourth-order valence-corrected chi connectivity index (χ4v) is 11.1. The minimum atomic E-state index is -0.620. The van der Waals surface area contributed by atoms with Gasteiger partial charge in [-0.25, -0.2) is 0 Å². The Bertz CT molecular complexity index is 3810. The van der Waals surface area contributed by atoms with Crippen molar-refractivity contribution in [2.75, 3.05) is 4.90 Å². The number of anilines is 3. The van der Waals surface area contributed by atoms with Crippen LogP contribution in [0, 0.1) is 0 Å². The molecule has 314 valence electrons. The van der Waals surface area contributed by atoms with Gasteiger partial charge in [-0.2, -0.15) is 0 Å². The molecule has 1 atom stereocenters. The quantitative estimate of drug-likeness (QED) is 0.148. The lowest BCUT2D eigenvalue weighted by molar-refractivity contribution is 0.770. The molecule has 0 aliphatic heterocycles. The largest absolute Gasteiger partial charge is 0.310 e.